The van der Waals surface area contributed by atoms with Gasteiger partial charge in [0.15, 0.2) is 5.82 Å². The monoisotopic (exact) mass is 277 g/mol. The Morgan fingerprint density at radius 3 is 2.30 bits per heavy atom. The van der Waals surface area contributed by atoms with Gasteiger partial charge in [-0.25, -0.2) is 0 Å². The molecular weight excluding hydrogens is 250 g/mol. The zero-order valence-corrected chi connectivity index (χ0v) is 12.4. The standard InChI is InChI=1S/C16H27N3O/c17-12-16(10-6-3-7-11-16)15-18-14(19-20-15)13-8-4-1-2-5-9-13/h13H,1-12,17H2. The predicted molar refractivity (Wildman–Crippen MR) is 78.6 cm³/mol. The molecule has 3 rings (SSSR count). The molecule has 0 unspecified atom stereocenters. The van der Waals surface area contributed by atoms with Crippen molar-refractivity contribution >= 4 is 0 Å². The molecule has 2 saturated carbocycles. The summed E-state index contributed by atoms with van der Waals surface area (Å²) in [6, 6.07) is 0. The van der Waals surface area contributed by atoms with Crippen molar-refractivity contribution in [3.63, 3.8) is 0 Å². The van der Waals surface area contributed by atoms with E-state index < -0.39 is 0 Å². The molecule has 0 atom stereocenters. The average molecular weight is 277 g/mol. The summed E-state index contributed by atoms with van der Waals surface area (Å²) >= 11 is 0. The highest BCUT2D eigenvalue weighted by Gasteiger charge is 2.38. The first-order valence-electron chi connectivity index (χ1n) is 8.38. The van der Waals surface area contributed by atoms with Crippen LogP contribution >= 0.6 is 0 Å². The lowest BCUT2D eigenvalue weighted by Gasteiger charge is -2.32. The second kappa shape index (κ2) is 6.25. The Hall–Kier alpha value is -0.900. The summed E-state index contributed by atoms with van der Waals surface area (Å²) in [6.07, 6.45) is 13.7. The van der Waals surface area contributed by atoms with Gasteiger partial charge in [-0.15, -0.1) is 0 Å². The third-order valence-corrected chi connectivity index (χ3v) is 5.32. The average Bonchev–Trinajstić information content (AvgIpc) is 2.85. The molecule has 1 aromatic rings. The summed E-state index contributed by atoms with van der Waals surface area (Å²) in [4.78, 5) is 4.78. The van der Waals surface area contributed by atoms with Gasteiger partial charge in [0.1, 0.15) is 0 Å². The van der Waals surface area contributed by atoms with E-state index in [1.807, 2.05) is 0 Å². The molecule has 4 heteroatoms. The van der Waals surface area contributed by atoms with Crippen LogP contribution in [0.3, 0.4) is 0 Å². The molecular formula is C16H27N3O. The van der Waals surface area contributed by atoms with Crippen molar-refractivity contribution in [2.45, 2.75) is 82.0 Å². The smallest absolute Gasteiger partial charge is 0.234 e. The zero-order chi connectivity index (χ0) is 13.8. The van der Waals surface area contributed by atoms with Crippen LogP contribution in [-0.2, 0) is 5.41 Å². The van der Waals surface area contributed by atoms with Gasteiger partial charge in [0, 0.05) is 12.5 Å². The fraction of sp³-hybridized carbons (Fsp3) is 0.875. The number of nitrogens with two attached hydrogens (primary N) is 1. The molecule has 20 heavy (non-hydrogen) atoms. The highest BCUT2D eigenvalue weighted by Crippen LogP contribution is 2.39. The number of hydrogen-bond acceptors (Lipinski definition) is 4. The molecule has 0 bridgehead atoms. The Labute approximate surface area is 121 Å². The lowest BCUT2D eigenvalue weighted by molar-refractivity contribution is 0.219. The van der Waals surface area contributed by atoms with Gasteiger partial charge in [-0.05, 0) is 25.7 Å². The molecule has 0 radical (unpaired) electrons. The van der Waals surface area contributed by atoms with Crippen LogP contribution in [0.25, 0.3) is 0 Å². The molecule has 0 amide bonds. The lowest BCUT2D eigenvalue weighted by atomic mass is 9.74. The summed E-state index contributed by atoms with van der Waals surface area (Å²) in [6.45, 7) is 0.638. The van der Waals surface area contributed by atoms with E-state index in [0.717, 1.165) is 24.6 Å². The molecule has 0 aromatic carbocycles. The Balaban J connectivity index is 1.77. The van der Waals surface area contributed by atoms with E-state index in [1.54, 1.807) is 0 Å². The maximum atomic E-state index is 6.06. The van der Waals surface area contributed by atoms with Crippen molar-refractivity contribution < 1.29 is 4.52 Å². The Morgan fingerprint density at radius 1 is 1.00 bits per heavy atom. The van der Waals surface area contributed by atoms with Gasteiger partial charge in [0.05, 0.1) is 5.41 Å². The third kappa shape index (κ3) is 2.76. The quantitative estimate of drug-likeness (QED) is 0.856. The predicted octanol–water partition coefficient (Wildman–Crippen LogP) is 3.67. The van der Waals surface area contributed by atoms with Crippen LogP contribution in [0.15, 0.2) is 4.52 Å². The van der Waals surface area contributed by atoms with Gasteiger partial charge in [-0.2, -0.15) is 4.98 Å². The summed E-state index contributed by atoms with van der Waals surface area (Å²) < 4.78 is 5.65. The molecule has 2 aliphatic carbocycles. The first-order valence-corrected chi connectivity index (χ1v) is 8.38. The van der Waals surface area contributed by atoms with Crippen molar-refractivity contribution in [1.82, 2.24) is 10.1 Å². The molecule has 2 fully saturated rings. The topological polar surface area (TPSA) is 64.9 Å². The molecule has 2 N–H and O–H groups in total. The number of nitrogens with zero attached hydrogens (tertiary/aromatic N) is 2. The second-order valence-corrected chi connectivity index (χ2v) is 6.69. The van der Waals surface area contributed by atoms with Gasteiger partial charge in [-0.1, -0.05) is 50.1 Å². The molecule has 1 heterocycles. The van der Waals surface area contributed by atoms with E-state index in [-0.39, 0.29) is 5.41 Å². The highest BCUT2D eigenvalue weighted by atomic mass is 16.5. The van der Waals surface area contributed by atoms with Crippen LogP contribution in [0.5, 0.6) is 0 Å². The normalized spacial score (nSPS) is 24.4. The zero-order valence-electron chi connectivity index (χ0n) is 12.4. The van der Waals surface area contributed by atoms with Crippen LogP contribution in [0, 0.1) is 0 Å². The minimum absolute atomic E-state index is 0.0335. The van der Waals surface area contributed by atoms with Crippen molar-refractivity contribution in [2.75, 3.05) is 6.54 Å². The van der Waals surface area contributed by atoms with Gasteiger partial charge >= 0.3 is 0 Å². The minimum atomic E-state index is -0.0335. The first kappa shape index (κ1) is 14.1. The van der Waals surface area contributed by atoms with Gasteiger partial charge < -0.3 is 10.3 Å². The van der Waals surface area contributed by atoms with Crippen LogP contribution in [-0.4, -0.2) is 16.7 Å². The van der Waals surface area contributed by atoms with Crippen molar-refractivity contribution in [2.24, 2.45) is 5.73 Å². The Kier molecular flexibility index (Phi) is 4.39. The first-order chi connectivity index (χ1) is 9.84. The van der Waals surface area contributed by atoms with Crippen LogP contribution in [0.1, 0.15) is 88.3 Å². The molecule has 0 spiro atoms. The van der Waals surface area contributed by atoms with Crippen molar-refractivity contribution in [3.05, 3.63) is 11.7 Å². The summed E-state index contributed by atoms with van der Waals surface area (Å²) in [5.74, 6) is 2.27. The summed E-state index contributed by atoms with van der Waals surface area (Å²) in [7, 11) is 0. The molecule has 4 nitrogen and oxygen atoms in total. The van der Waals surface area contributed by atoms with Gasteiger partial charge in [0.2, 0.25) is 5.89 Å². The molecule has 112 valence electrons. The fourth-order valence-corrected chi connectivity index (χ4v) is 3.89. The lowest BCUT2D eigenvalue weighted by Crippen LogP contribution is -2.37. The van der Waals surface area contributed by atoms with E-state index in [2.05, 4.69) is 5.16 Å². The Morgan fingerprint density at radius 2 is 1.65 bits per heavy atom. The number of hydrogen-bond donors (Lipinski definition) is 1. The maximum absolute atomic E-state index is 6.06. The third-order valence-electron chi connectivity index (χ3n) is 5.32. The number of aromatic nitrogens is 2. The minimum Gasteiger partial charge on any atom is -0.339 e. The largest absolute Gasteiger partial charge is 0.339 e. The van der Waals surface area contributed by atoms with E-state index in [1.165, 1.54) is 57.8 Å². The second-order valence-electron chi connectivity index (χ2n) is 6.69. The van der Waals surface area contributed by atoms with Crippen LogP contribution in [0.2, 0.25) is 0 Å². The molecule has 1 aromatic heterocycles. The summed E-state index contributed by atoms with van der Waals surface area (Å²) in [5.41, 5.74) is 6.02. The van der Waals surface area contributed by atoms with Crippen LogP contribution in [0.4, 0.5) is 0 Å². The Bertz CT molecular complexity index is 415. The molecule has 2 aliphatic rings. The van der Waals surface area contributed by atoms with Gasteiger partial charge in [0.25, 0.3) is 0 Å². The van der Waals surface area contributed by atoms with E-state index in [0.29, 0.717) is 12.5 Å². The SMILES string of the molecule is NCC1(c2nc(C3CCCCCC3)no2)CCCCC1. The molecule has 0 aliphatic heterocycles. The van der Waals surface area contributed by atoms with Crippen molar-refractivity contribution in [1.29, 1.82) is 0 Å². The molecule has 0 saturated heterocycles. The highest BCUT2D eigenvalue weighted by molar-refractivity contribution is 5.09. The van der Waals surface area contributed by atoms with Gasteiger partial charge in [-0.3, -0.25) is 0 Å². The van der Waals surface area contributed by atoms with E-state index >= 15 is 0 Å². The van der Waals surface area contributed by atoms with E-state index in [9.17, 15) is 0 Å². The van der Waals surface area contributed by atoms with E-state index in [4.69, 9.17) is 15.2 Å². The number of rotatable bonds is 3. The van der Waals surface area contributed by atoms with Crippen LogP contribution < -0.4 is 5.73 Å². The van der Waals surface area contributed by atoms with Crippen molar-refractivity contribution in [3.8, 4) is 0 Å². The fourth-order valence-electron chi connectivity index (χ4n) is 3.89. The summed E-state index contributed by atoms with van der Waals surface area (Å²) in [5, 5.41) is 4.31. The maximum Gasteiger partial charge on any atom is 0.234 e.